The van der Waals surface area contributed by atoms with Crippen molar-refractivity contribution in [3.05, 3.63) is 22.5 Å². The first-order valence-electron chi connectivity index (χ1n) is 2.99. The third-order valence-electron chi connectivity index (χ3n) is 1.35. The van der Waals surface area contributed by atoms with Crippen LogP contribution in [0, 0.1) is 10.1 Å². The van der Waals surface area contributed by atoms with E-state index in [2.05, 4.69) is 13.7 Å². The molecule has 2 heterocycles. The van der Waals surface area contributed by atoms with Crippen molar-refractivity contribution in [2.75, 3.05) is 0 Å². The minimum absolute atomic E-state index is 0.0961. The molecule has 0 unspecified atom stereocenters. The van der Waals surface area contributed by atoms with Crippen LogP contribution < -0.4 is 0 Å². The van der Waals surface area contributed by atoms with E-state index in [1.165, 1.54) is 12.4 Å². The van der Waals surface area contributed by atoms with Crippen molar-refractivity contribution in [1.29, 1.82) is 0 Å². The van der Waals surface area contributed by atoms with Crippen molar-refractivity contribution >= 4 is 28.4 Å². The van der Waals surface area contributed by atoms with Gasteiger partial charge in [-0.15, -0.1) is 0 Å². The number of nitro groups is 1. The molecule has 0 spiro atoms. The molecular formula is C5H2N4O2S. The average molecular weight is 182 g/mol. The first-order valence-corrected chi connectivity index (χ1v) is 3.73. The molecule has 0 radical (unpaired) electrons. The number of nitrogens with zero attached hydrogens (tertiary/aromatic N) is 4. The quantitative estimate of drug-likeness (QED) is 0.485. The van der Waals surface area contributed by atoms with E-state index < -0.39 is 4.92 Å². The maximum Gasteiger partial charge on any atom is 0.316 e. The second-order valence-corrected chi connectivity index (χ2v) is 2.58. The van der Waals surface area contributed by atoms with Crippen LogP contribution in [0.4, 0.5) is 5.69 Å². The number of aromatic nitrogens is 3. The summed E-state index contributed by atoms with van der Waals surface area (Å²) in [5.74, 6) is 0. The molecule has 12 heavy (non-hydrogen) atoms. The minimum Gasteiger partial charge on any atom is -0.258 e. The Morgan fingerprint density at radius 1 is 1.42 bits per heavy atom. The Bertz CT molecular complexity index is 440. The van der Waals surface area contributed by atoms with Crippen LogP contribution in [-0.4, -0.2) is 18.7 Å². The monoisotopic (exact) mass is 182 g/mol. The molecule has 2 aromatic rings. The Hall–Kier alpha value is -1.63. The van der Waals surface area contributed by atoms with Crippen molar-refractivity contribution in [1.82, 2.24) is 13.7 Å². The third-order valence-corrected chi connectivity index (χ3v) is 1.89. The SMILES string of the molecule is O=[N+]([O-])c1cncc2nsnc12. The van der Waals surface area contributed by atoms with Crippen molar-refractivity contribution in [2.24, 2.45) is 0 Å². The summed E-state index contributed by atoms with van der Waals surface area (Å²) in [5, 5.41) is 10.4. The number of rotatable bonds is 1. The van der Waals surface area contributed by atoms with E-state index in [4.69, 9.17) is 0 Å². The lowest BCUT2D eigenvalue weighted by Crippen LogP contribution is -1.89. The highest BCUT2D eigenvalue weighted by atomic mass is 32.1. The predicted molar refractivity (Wildman–Crippen MR) is 41.9 cm³/mol. The van der Waals surface area contributed by atoms with Crippen molar-refractivity contribution < 1.29 is 4.92 Å². The van der Waals surface area contributed by atoms with Gasteiger partial charge in [0.25, 0.3) is 0 Å². The van der Waals surface area contributed by atoms with Gasteiger partial charge in [-0.05, 0) is 0 Å². The Labute approximate surface area is 70.3 Å². The highest BCUT2D eigenvalue weighted by Crippen LogP contribution is 2.20. The van der Waals surface area contributed by atoms with Gasteiger partial charge >= 0.3 is 5.69 Å². The van der Waals surface area contributed by atoms with Crippen molar-refractivity contribution in [3.8, 4) is 0 Å². The van der Waals surface area contributed by atoms with Crippen molar-refractivity contribution in [3.63, 3.8) is 0 Å². The summed E-state index contributed by atoms with van der Waals surface area (Å²) in [4.78, 5) is 13.6. The summed E-state index contributed by atoms with van der Waals surface area (Å²) in [6, 6.07) is 0. The van der Waals surface area contributed by atoms with Gasteiger partial charge in [-0.1, -0.05) is 0 Å². The van der Waals surface area contributed by atoms with Crippen molar-refractivity contribution in [2.45, 2.75) is 0 Å². The van der Waals surface area contributed by atoms with Crippen LogP contribution in [0.15, 0.2) is 12.4 Å². The van der Waals surface area contributed by atoms with Gasteiger partial charge in [0, 0.05) is 0 Å². The molecule has 0 saturated carbocycles. The molecule has 6 nitrogen and oxygen atoms in total. The molecule has 2 rings (SSSR count). The molecule has 0 aliphatic rings. The van der Waals surface area contributed by atoms with Gasteiger partial charge in [0.2, 0.25) is 0 Å². The predicted octanol–water partition coefficient (Wildman–Crippen LogP) is 0.994. The Morgan fingerprint density at radius 2 is 2.25 bits per heavy atom. The molecule has 0 fully saturated rings. The zero-order chi connectivity index (χ0) is 8.55. The van der Waals surface area contributed by atoms with Crippen LogP contribution in [0.5, 0.6) is 0 Å². The smallest absolute Gasteiger partial charge is 0.258 e. The Kier molecular flexibility index (Phi) is 1.44. The maximum atomic E-state index is 10.4. The van der Waals surface area contributed by atoms with Gasteiger partial charge in [0.1, 0.15) is 11.7 Å². The summed E-state index contributed by atoms with van der Waals surface area (Å²) < 4.78 is 7.61. The summed E-state index contributed by atoms with van der Waals surface area (Å²) >= 11 is 0.940. The summed E-state index contributed by atoms with van der Waals surface area (Å²) in [6.45, 7) is 0. The average Bonchev–Trinajstić information content (AvgIpc) is 2.49. The van der Waals surface area contributed by atoms with Gasteiger partial charge in [-0.25, -0.2) is 0 Å². The van der Waals surface area contributed by atoms with E-state index in [0.29, 0.717) is 11.0 Å². The molecule has 0 aliphatic heterocycles. The highest BCUT2D eigenvalue weighted by molar-refractivity contribution is 7.00. The van der Waals surface area contributed by atoms with Gasteiger partial charge in [-0.2, -0.15) is 8.75 Å². The zero-order valence-electron chi connectivity index (χ0n) is 5.67. The Balaban J connectivity index is 2.82. The van der Waals surface area contributed by atoms with E-state index in [1.54, 1.807) is 0 Å². The second-order valence-electron chi connectivity index (χ2n) is 2.05. The lowest BCUT2D eigenvalue weighted by atomic mass is 10.4. The lowest BCUT2D eigenvalue weighted by molar-refractivity contribution is -0.383. The topological polar surface area (TPSA) is 81.8 Å². The largest absolute Gasteiger partial charge is 0.316 e. The lowest BCUT2D eigenvalue weighted by Gasteiger charge is -1.88. The van der Waals surface area contributed by atoms with Gasteiger partial charge in [-0.3, -0.25) is 15.1 Å². The van der Waals surface area contributed by atoms with Gasteiger partial charge in [0.05, 0.1) is 22.8 Å². The number of pyridine rings is 1. The molecule has 0 aliphatic carbocycles. The van der Waals surface area contributed by atoms with Crippen LogP contribution in [0.3, 0.4) is 0 Å². The summed E-state index contributed by atoms with van der Waals surface area (Å²) in [5.41, 5.74) is 0.676. The maximum absolute atomic E-state index is 10.4. The van der Waals surface area contributed by atoms with E-state index in [-0.39, 0.29) is 5.69 Å². The fourth-order valence-electron chi connectivity index (χ4n) is 0.831. The minimum atomic E-state index is -0.517. The highest BCUT2D eigenvalue weighted by Gasteiger charge is 2.14. The first-order chi connectivity index (χ1) is 5.79. The number of hydrogen-bond donors (Lipinski definition) is 0. The normalized spacial score (nSPS) is 10.3. The van der Waals surface area contributed by atoms with E-state index in [0.717, 1.165) is 11.7 Å². The summed E-state index contributed by atoms with van der Waals surface area (Å²) in [7, 11) is 0. The van der Waals surface area contributed by atoms with Gasteiger partial charge < -0.3 is 0 Å². The first kappa shape index (κ1) is 7.04. The molecular weight excluding hydrogens is 180 g/mol. The van der Waals surface area contributed by atoms with E-state index >= 15 is 0 Å². The Morgan fingerprint density at radius 3 is 3.00 bits per heavy atom. The molecule has 0 N–H and O–H groups in total. The van der Waals surface area contributed by atoms with Crippen LogP contribution >= 0.6 is 11.7 Å². The van der Waals surface area contributed by atoms with Crippen LogP contribution in [0.25, 0.3) is 11.0 Å². The molecule has 0 amide bonds. The fraction of sp³-hybridized carbons (Fsp3) is 0. The molecule has 7 heteroatoms. The third kappa shape index (κ3) is 0.909. The molecule has 0 aromatic carbocycles. The molecule has 60 valence electrons. The fourth-order valence-corrected chi connectivity index (χ4v) is 1.36. The van der Waals surface area contributed by atoms with E-state index in [1.807, 2.05) is 0 Å². The van der Waals surface area contributed by atoms with Crippen LogP contribution in [-0.2, 0) is 0 Å². The summed E-state index contributed by atoms with van der Waals surface area (Å²) in [6.07, 6.45) is 2.62. The molecule has 2 aromatic heterocycles. The second kappa shape index (κ2) is 2.45. The molecule has 0 saturated heterocycles. The molecule has 0 bridgehead atoms. The van der Waals surface area contributed by atoms with E-state index in [9.17, 15) is 10.1 Å². The number of hydrogen-bond acceptors (Lipinski definition) is 6. The van der Waals surface area contributed by atoms with Crippen LogP contribution in [0.2, 0.25) is 0 Å². The molecule has 0 atom stereocenters. The number of fused-ring (bicyclic) bond motifs is 1. The zero-order valence-corrected chi connectivity index (χ0v) is 6.48. The van der Waals surface area contributed by atoms with Gasteiger partial charge in [0.15, 0.2) is 5.52 Å². The van der Waals surface area contributed by atoms with Crippen LogP contribution in [0.1, 0.15) is 0 Å². The standard InChI is InChI=1S/C5H2N4O2S/c10-9(11)4-2-6-1-3-5(4)8-12-7-3/h1-2H.